The van der Waals surface area contributed by atoms with Gasteiger partial charge in [-0.2, -0.15) is 0 Å². The lowest BCUT2D eigenvalue weighted by atomic mass is 9.98. The van der Waals surface area contributed by atoms with Gasteiger partial charge in [0.15, 0.2) is 17.3 Å². The Morgan fingerprint density at radius 1 is 0.771 bits per heavy atom. The van der Waals surface area contributed by atoms with Crippen LogP contribution in [0.4, 0.5) is 4.79 Å². The second-order valence-electron chi connectivity index (χ2n) is 7.57. The van der Waals surface area contributed by atoms with Crippen molar-refractivity contribution in [2.75, 3.05) is 26.0 Å². The maximum atomic E-state index is 12.7. The summed E-state index contributed by atoms with van der Waals surface area (Å²) in [5, 5.41) is -0.0484. The standard InChI is InChI=1S/C21H31NO12S/c1-11(23)29-10-16-17(30-12(2)24)18(31-13(3)25)19(32-14(4)26)20(33-16)34-21(28)22(6)8-7-9-35-15(5)27/h16-20H,7-10H2,1-6H3/t16-,17+,18+,19-,20+/m1/s1. The minimum absolute atomic E-state index is 0.0484. The maximum Gasteiger partial charge on any atom is 0.411 e. The number of amides is 1. The van der Waals surface area contributed by atoms with Crippen LogP contribution in [0.1, 0.15) is 41.0 Å². The van der Waals surface area contributed by atoms with E-state index >= 15 is 0 Å². The van der Waals surface area contributed by atoms with Crippen molar-refractivity contribution in [1.82, 2.24) is 4.90 Å². The molecule has 0 saturated carbocycles. The van der Waals surface area contributed by atoms with Gasteiger partial charge < -0.3 is 33.3 Å². The van der Waals surface area contributed by atoms with Crippen LogP contribution in [0.15, 0.2) is 0 Å². The molecule has 1 saturated heterocycles. The molecule has 0 bridgehead atoms. The van der Waals surface area contributed by atoms with Crippen molar-refractivity contribution in [3.05, 3.63) is 0 Å². The first-order valence-electron chi connectivity index (χ1n) is 10.7. The molecule has 1 aliphatic heterocycles. The first-order chi connectivity index (χ1) is 16.3. The highest BCUT2D eigenvalue weighted by atomic mass is 32.2. The van der Waals surface area contributed by atoms with E-state index in [-0.39, 0.29) is 11.7 Å². The Kier molecular flexibility index (Phi) is 12.5. The van der Waals surface area contributed by atoms with Gasteiger partial charge in [-0.15, -0.1) is 0 Å². The van der Waals surface area contributed by atoms with Gasteiger partial charge in [-0.1, -0.05) is 11.8 Å². The predicted molar refractivity (Wildman–Crippen MR) is 119 cm³/mol. The zero-order chi connectivity index (χ0) is 26.7. The number of hydrogen-bond acceptors (Lipinski definition) is 13. The summed E-state index contributed by atoms with van der Waals surface area (Å²) in [4.78, 5) is 71.6. The Morgan fingerprint density at radius 2 is 1.31 bits per heavy atom. The van der Waals surface area contributed by atoms with E-state index in [4.69, 9.17) is 28.4 Å². The number of esters is 4. The maximum absolute atomic E-state index is 12.7. The number of rotatable bonds is 10. The van der Waals surface area contributed by atoms with Crippen LogP contribution in [0.3, 0.4) is 0 Å². The third-order valence-electron chi connectivity index (χ3n) is 4.42. The van der Waals surface area contributed by atoms with E-state index in [9.17, 15) is 28.8 Å². The summed E-state index contributed by atoms with van der Waals surface area (Å²) in [6, 6.07) is 0. The van der Waals surface area contributed by atoms with Crippen molar-refractivity contribution < 1.29 is 57.2 Å². The van der Waals surface area contributed by atoms with Crippen LogP contribution in [0.2, 0.25) is 0 Å². The molecule has 0 aliphatic carbocycles. The summed E-state index contributed by atoms with van der Waals surface area (Å²) < 4.78 is 31.8. The zero-order valence-corrected chi connectivity index (χ0v) is 21.3. The Hall–Kier alpha value is -2.87. The quantitative estimate of drug-likeness (QED) is 0.226. The summed E-state index contributed by atoms with van der Waals surface area (Å²) in [5.74, 6) is -2.57. The van der Waals surface area contributed by atoms with Crippen LogP contribution >= 0.6 is 11.8 Å². The number of carbonyl (C=O) groups excluding carboxylic acids is 6. The second-order valence-corrected chi connectivity index (χ2v) is 8.84. The molecule has 1 heterocycles. The molecule has 0 aromatic rings. The molecule has 0 N–H and O–H groups in total. The Labute approximate surface area is 207 Å². The van der Waals surface area contributed by atoms with Crippen molar-refractivity contribution >= 4 is 46.8 Å². The average Bonchev–Trinajstić information content (AvgIpc) is 2.72. The van der Waals surface area contributed by atoms with E-state index in [1.165, 1.54) is 18.9 Å². The fraction of sp³-hybridized carbons (Fsp3) is 0.714. The first-order valence-corrected chi connectivity index (χ1v) is 11.7. The first kappa shape index (κ1) is 30.2. The van der Waals surface area contributed by atoms with E-state index in [0.29, 0.717) is 12.2 Å². The van der Waals surface area contributed by atoms with Crippen molar-refractivity contribution in [1.29, 1.82) is 0 Å². The molecule has 198 valence electrons. The van der Waals surface area contributed by atoms with Gasteiger partial charge in [-0.3, -0.25) is 24.0 Å². The normalized spacial score (nSPS) is 23.4. The van der Waals surface area contributed by atoms with Crippen LogP contribution < -0.4 is 0 Å². The highest BCUT2D eigenvalue weighted by molar-refractivity contribution is 8.13. The van der Waals surface area contributed by atoms with E-state index in [0.717, 1.165) is 39.5 Å². The van der Waals surface area contributed by atoms with Crippen molar-refractivity contribution in [2.24, 2.45) is 0 Å². The highest BCUT2D eigenvalue weighted by Crippen LogP contribution is 2.30. The summed E-state index contributed by atoms with van der Waals surface area (Å²) >= 11 is 1.12. The molecule has 1 rings (SSSR count). The number of thioether (sulfide) groups is 1. The Balaban J connectivity index is 3.17. The summed E-state index contributed by atoms with van der Waals surface area (Å²) in [5.41, 5.74) is 0. The van der Waals surface area contributed by atoms with E-state index in [1.807, 2.05) is 0 Å². The third kappa shape index (κ3) is 10.9. The van der Waals surface area contributed by atoms with Crippen LogP contribution in [0.5, 0.6) is 0 Å². The zero-order valence-electron chi connectivity index (χ0n) is 20.5. The molecule has 14 heteroatoms. The van der Waals surface area contributed by atoms with Gasteiger partial charge >= 0.3 is 30.0 Å². The number of carbonyl (C=O) groups is 6. The van der Waals surface area contributed by atoms with Gasteiger partial charge in [0.1, 0.15) is 12.7 Å². The number of hydrogen-bond donors (Lipinski definition) is 0. The molecule has 0 aromatic heterocycles. The lowest BCUT2D eigenvalue weighted by Gasteiger charge is -2.43. The Morgan fingerprint density at radius 3 is 1.83 bits per heavy atom. The number of nitrogens with zero attached hydrogens (tertiary/aromatic N) is 1. The molecule has 1 aliphatic rings. The SMILES string of the molecule is CC(=O)OC[C@H]1O[C@@H](OC(=O)N(C)CCCSC(C)=O)[C@H](OC(C)=O)[C@@H](OC(C)=O)[C@H]1OC(C)=O. The largest absolute Gasteiger partial charge is 0.463 e. The molecule has 13 nitrogen and oxygen atoms in total. The molecular formula is C21H31NO12S. The lowest BCUT2D eigenvalue weighted by Crippen LogP contribution is -2.63. The molecule has 1 fully saturated rings. The molecular weight excluding hydrogens is 490 g/mol. The third-order valence-corrected chi connectivity index (χ3v) is 5.32. The highest BCUT2D eigenvalue weighted by Gasteiger charge is 2.54. The fourth-order valence-corrected chi connectivity index (χ4v) is 3.64. The summed E-state index contributed by atoms with van der Waals surface area (Å²) in [6.07, 6.45) is -7.49. The van der Waals surface area contributed by atoms with Crippen LogP contribution in [-0.4, -0.2) is 96.6 Å². The fourth-order valence-electron chi connectivity index (χ4n) is 3.08. The smallest absolute Gasteiger partial charge is 0.411 e. The lowest BCUT2D eigenvalue weighted by molar-refractivity contribution is -0.295. The van der Waals surface area contributed by atoms with Gasteiger partial charge in [0.2, 0.25) is 12.4 Å². The van der Waals surface area contributed by atoms with E-state index in [2.05, 4.69) is 0 Å². The molecule has 5 atom stereocenters. The van der Waals surface area contributed by atoms with E-state index < -0.39 is 67.3 Å². The average molecular weight is 522 g/mol. The molecule has 0 aromatic carbocycles. The predicted octanol–water partition coefficient (Wildman–Crippen LogP) is 0.808. The second kappa shape index (κ2) is 14.5. The van der Waals surface area contributed by atoms with Crippen molar-refractivity contribution in [3.63, 3.8) is 0 Å². The topological polar surface area (TPSA) is 161 Å². The monoisotopic (exact) mass is 521 g/mol. The Bertz CT molecular complexity index is 803. The van der Waals surface area contributed by atoms with Crippen molar-refractivity contribution in [2.45, 2.75) is 71.7 Å². The minimum Gasteiger partial charge on any atom is -0.463 e. The van der Waals surface area contributed by atoms with Crippen LogP contribution in [-0.2, 0) is 52.4 Å². The molecule has 1 amide bonds. The van der Waals surface area contributed by atoms with Gasteiger partial charge in [0.25, 0.3) is 0 Å². The van der Waals surface area contributed by atoms with Crippen molar-refractivity contribution in [3.8, 4) is 0 Å². The van der Waals surface area contributed by atoms with Gasteiger partial charge in [-0.25, -0.2) is 4.79 Å². The van der Waals surface area contributed by atoms with Gasteiger partial charge in [0, 0.05) is 54.0 Å². The molecule has 35 heavy (non-hydrogen) atoms. The molecule has 0 unspecified atom stereocenters. The van der Waals surface area contributed by atoms with Gasteiger partial charge in [0.05, 0.1) is 0 Å². The van der Waals surface area contributed by atoms with Crippen LogP contribution in [0.25, 0.3) is 0 Å². The van der Waals surface area contributed by atoms with E-state index in [1.54, 1.807) is 0 Å². The van der Waals surface area contributed by atoms with Crippen LogP contribution in [0, 0.1) is 0 Å². The number of ether oxygens (including phenoxy) is 6. The van der Waals surface area contributed by atoms with Gasteiger partial charge in [-0.05, 0) is 6.42 Å². The molecule has 0 radical (unpaired) electrons. The summed E-state index contributed by atoms with van der Waals surface area (Å²) in [6.45, 7) is 5.64. The summed E-state index contributed by atoms with van der Waals surface area (Å²) in [7, 11) is 1.45. The minimum atomic E-state index is -1.60. The molecule has 0 spiro atoms.